The number of benzene rings is 1. The van der Waals surface area contributed by atoms with Crippen molar-refractivity contribution in [2.24, 2.45) is 0 Å². The van der Waals surface area contributed by atoms with Crippen LogP contribution in [0.3, 0.4) is 0 Å². The van der Waals surface area contributed by atoms with Crippen LogP contribution in [-0.2, 0) is 16.1 Å². The summed E-state index contributed by atoms with van der Waals surface area (Å²) in [6.07, 6.45) is 0.278. The maximum Gasteiger partial charge on any atom is 0.0874 e. The highest BCUT2D eigenvalue weighted by Gasteiger charge is 2.18. The fourth-order valence-electron chi connectivity index (χ4n) is 2.36. The molecular formula is C15H24N2O2. The van der Waals surface area contributed by atoms with Crippen molar-refractivity contribution >= 4 is 5.69 Å². The molecule has 0 bridgehead atoms. The molecule has 1 aromatic rings. The zero-order valence-electron chi connectivity index (χ0n) is 11.9. The first kappa shape index (κ1) is 14.3. The van der Waals surface area contributed by atoms with E-state index in [2.05, 4.69) is 41.4 Å². The number of nitrogens with one attached hydrogen (secondary N) is 1. The summed E-state index contributed by atoms with van der Waals surface area (Å²) in [5.41, 5.74) is 2.32. The topological polar surface area (TPSA) is 33.7 Å². The summed E-state index contributed by atoms with van der Waals surface area (Å²) >= 11 is 0. The van der Waals surface area contributed by atoms with Crippen LogP contribution in [0.2, 0.25) is 0 Å². The molecule has 1 saturated heterocycles. The minimum absolute atomic E-state index is 0.278. The number of hydrogen-bond acceptors (Lipinski definition) is 4. The highest BCUT2D eigenvalue weighted by Crippen LogP contribution is 2.12. The van der Waals surface area contributed by atoms with Gasteiger partial charge >= 0.3 is 0 Å². The highest BCUT2D eigenvalue weighted by atomic mass is 16.5. The van der Waals surface area contributed by atoms with Crippen molar-refractivity contribution in [1.29, 1.82) is 0 Å². The zero-order chi connectivity index (χ0) is 13.5. The standard InChI is InChI=1S/C15H24N2O2/c1-3-17-7-8-19-15(11-17)10-16-14-6-4-5-13(9-14)12-18-2/h4-6,9,15-16H,3,7-8,10-12H2,1-2H3. The summed E-state index contributed by atoms with van der Waals surface area (Å²) in [5.74, 6) is 0. The third-order valence-corrected chi connectivity index (χ3v) is 3.44. The van der Waals surface area contributed by atoms with Crippen molar-refractivity contribution in [3.05, 3.63) is 29.8 Å². The first-order valence-electron chi connectivity index (χ1n) is 6.97. The molecular weight excluding hydrogens is 240 g/mol. The van der Waals surface area contributed by atoms with Gasteiger partial charge in [-0.25, -0.2) is 0 Å². The van der Waals surface area contributed by atoms with E-state index in [0.29, 0.717) is 6.61 Å². The number of nitrogens with zero attached hydrogens (tertiary/aromatic N) is 1. The highest BCUT2D eigenvalue weighted by molar-refractivity contribution is 5.45. The molecule has 0 spiro atoms. The second-order valence-corrected chi connectivity index (χ2v) is 4.90. The van der Waals surface area contributed by atoms with Crippen LogP contribution < -0.4 is 5.32 Å². The Morgan fingerprint density at radius 1 is 1.47 bits per heavy atom. The van der Waals surface area contributed by atoms with Gasteiger partial charge in [0.1, 0.15) is 0 Å². The van der Waals surface area contributed by atoms with Crippen LogP contribution >= 0.6 is 0 Å². The Morgan fingerprint density at radius 3 is 3.16 bits per heavy atom. The summed E-state index contributed by atoms with van der Waals surface area (Å²) in [7, 11) is 1.72. The first-order chi connectivity index (χ1) is 9.31. The fourth-order valence-corrected chi connectivity index (χ4v) is 2.36. The van der Waals surface area contributed by atoms with Crippen LogP contribution in [-0.4, -0.2) is 50.9 Å². The van der Waals surface area contributed by atoms with E-state index >= 15 is 0 Å². The molecule has 0 aromatic heterocycles. The Bertz CT molecular complexity index is 384. The lowest BCUT2D eigenvalue weighted by Gasteiger charge is -2.32. The number of hydrogen-bond donors (Lipinski definition) is 1. The number of anilines is 1. The van der Waals surface area contributed by atoms with E-state index in [4.69, 9.17) is 9.47 Å². The number of rotatable bonds is 6. The maximum atomic E-state index is 5.78. The molecule has 1 N–H and O–H groups in total. The predicted octanol–water partition coefficient (Wildman–Crippen LogP) is 1.97. The summed E-state index contributed by atoms with van der Waals surface area (Å²) in [6.45, 7) is 7.71. The second-order valence-electron chi connectivity index (χ2n) is 4.90. The molecule has 4 nitrogen and oxygen atoms in total. The van der Waals surface area contributed by atoms with E-state index < -0.39 is 0 Å². The summed E-state index contributed by atoms with van der Waals surface area (Å²) in [4.78, 5) is 2.43. The first-order valence-corrected chi connectivity index (χ1v) is 6.97. The molecule has 1 heterocycles. The molecule has 1 unspecified atom stereocenters. The van der Waals surface area contributed by atoms with Crippen LogP contribution in [0, 0.1) is 0 Å². The number of ether oxygens (including phenoxy) is 2. The van der Waals surface area contributed by atoms with Crippen molar-refractivity contribution < 1.29 is 9.47 Å². The minimum Gasteiger partial charge on any atom is -0.382 e. The van der Waals surface area contributed by atoms with Gasteiger partial charge in [-0.15, -0.1) is 0 Å². The van der Waals surface area contributed by atoms with Gasteiger partial charge in [0.25, 0.3) is 0 Å². The van der Waals surface area contributed by atoms with E-state index in [1.165, 1.54) is 5.56 Å². The maximum absolute atomic E-state index is 5.78. The van der Waals surface area contributed by atoms with E-state index in [1.54, 1.807) is 7.11 Å². The molecule has 1 aliphatic heterocycles. The molecule has 2 rings (SSSR count). The van der Waals surface area contributed by atoms with Gasteiger partial charge in [0.2, 0.25) is 0 Å². The average Bonchev–Trinajstić information content (AvgIpc) is 2.46. The van der Waals surface area contributed by atoms with E-state index in [1.807, 2.05) is 0 Å². The lowest BCUT2D eigenvalue weighted by Crippen LogP contribution is -2.45. The van der Waals surface area contributed by atoms with Crippen LogP contribution in [0.1, 0.15) is 12.5 Å². The molecule has 0 radical (unpaired) electrons. The van der Waals surface area contributed by atoms with Gasteiger partial charge in [-0.2, -0.15) is 0 Å². The normalized spacial score (nSPS) is 20.4. The van der Waals surface area contributed by atoms with Gasteiger partial charge in [-0.1, -0.05) is 19.1 Å². The van der Waals surface area contributed by atoms with Crippen LogP contribution in [0.5, 0.6) is 0 Å². The Kier molecular flexibility index (Phi) is 5.63. The van der Waals surface area contributed by atoms with Crippen LogP contribution in [0.25, 0.3) is 0 Å². The molecule has 1 aromatic carbocycles. The van der Waals surface area contributed by atoms with Gasteiger partial charge in [0.15, 0.2) is 0 Å². The van der Waals surface area contributed by atoms with Gasteiger partial charge in [-0.3, -0.25) is 4.90 Å². The summed E-state index contributed by atoms with van der Waals surface area (Å²) in [6, 6.07) is 8.34. The molecule has 1 fully saturated rings. The molecule has 106 valence electrons. The third kappa shape index (κ3) is 4.49. The van der Waals surface area contributed by atoms with Crippen molar-refractivity contribution in [3.8, 4) is 0 Å². The van der Waals surface area contributed by atoms with E-state index in [9.17, 15) is 0 Å². The molecule has 19 heavy (non-hydrogen) atoms. The molecule has 1 atom stereocenters. The van der Waals surface area contributed by atoms with Crippen molar-refractivity contribution in [3.63, 3.8) is 0 Å². The molecule has 0 amide bonds. The van der Waals surface area contributed by atoms with Gasteiger partial charge in [0, 0.05) is 32.4 Å². The largest absolute Gasteiger partial charge is 0.382 e. The molecule has 1 aliphatic rings. The minimum atomic E-state index is 0.278. The van der Waals surface area contributed by atoms with Gasteiger partial charge < -0.3 is 14.8 Å². The Labute approximate surface area is 115 Å². The van der Waals surface area contributed by atoms with Crippen LogP contribution in [0.4, 0.5) is 5.69 Å². The second kappa shape index (κ2) is 7.48. The monoisotopic (exact) mass is 264 g/mol. The number of likely N-dealkylation sites (N-methyl/N-ethyl adjacent to an activating group) is 1. The summed E-state index contributed by atoms with van der Waals surface area (Å²) in [5, 5.41) is 3.45. The summed E-state index contributed by atoms with van der Waals surface area (Å²) < 4.78 is 10.9. The Morgan fingerprint density at radius 2 is 2.37 bits per heavy atom. The van der Waals surface area contributed by atoms with Crippen LogP contribution in [0.15, 0.2) is 24.3 Å². The lowest BCUT2D eigenvalue weighted by molar-refractivity contribution is -0.0191. The smallest absolute Gasteiger partial charge is 0.0874 e. The van der Waals surface area contributed by atoms with Crippen molar-refractivity contribution in [2.75, 3.05) is 45.2 Å². The fraction of sp³-hybridized carbons (Fsp3) is 0.600. The third-order valence-electron chi connectivity index (χ3n) is 3.44. The Hall–Kier alpha value is -1.10. The van der Waals surface area contributed by atoms with Gasteiger partial charge in [0.05, 0.1) is 19.3 Å². The Balaban J connectivity index is 1.82. The zero-order valence-corrected chi connectivity index (χ0v) is 11.9. The van der Waals surface area contributed by atoms with E-state index in [-0.39, 0.29) is 6.10 Å². The molecule has 0 saturated carbocycles. The van der Waals surface area contributed by atoms with Gasteiger partial charge in [-0.05, 0) is 24.2 Å². The van der Waals surface area contributed by atoms with Crippen molar-refractivity contribution in [1.82, 2.24) is 4.90 Å². The number of methoxy groups -OCH3 is 1. The SMILES string of the molecule is CCN1CCOC(CNc2cccc(COC)c2)C1. The quantitative estimate of drug-likeness (QED) is 0.851. The molecule has 4 heteroatoms. The van der Waals surface area contributed by atoms with Crippen molar-refractivity contribution in [2.45, 2.75) is 19.6 Å². The molecule has 0 aliphatic carbocycles. The van der Waals surface area contributed by atoms with E-state index in [0.717, 1.165) is 38.5 Å². The predicted molar refractivity (Wildman–Crippen MR) is 77.5 cm³/mol. The lowest BCUT2D eigenvalue weighted by atomic mass is 10.2. The average molecular weight is 264 g/mol. The number of morpholine rings is 1.